The van der Waals surface area contributed by atoms with Crippen LogP contribution in [0.25, 0.3) is 0 Å². The maximum Gasteiger partial charge on any atom is 0.0931 e. The van der Waals surface area contributed by atoms with E-state index in [-0.39, 0.29) is 0 Å². The molecule has 84 valence electrons. The summed E-state index contributed by atoms with van der Waals surface area (Å²) in [6, 6.07) is 4.09. The second kappa shape index (κ2) is 5.05. The van der Waals surface area contributed by atoms with E-state index in [1.54, 1.807) is 11.3 Å². The van der Waals surface area contributed by atoms with Gasteiger partial charge in [-0.2, -0.15) is 0 Å². The number of piperidine rings is 1. The van der Waals surface area contributed by atoms with Gasteiger partial charge in [-0.25, -0.2) is 0 Å². The SMILES string of the molecule is CC1CN(Cc2ccc(Cl)s2)CCC1Cl. The number of alkyl halides is 1. The molecule has 2 atom stereocenters. The van der Waals surface area contributed by atoms with Crippen LogP contribution in [0.5, 0.6) is 0 Å². The molecule has 2 rings (SSSR count). The largest absolute Gasteiger partial charge is 0.298 e. The van der Waals surface area contributed by atoms with Crippen molar-refractivity contribution in [3.05, 3.63) is 21.3 Å². The molecule has 1 saturated heterocycles. The Hall–Kier alpha value is 0.240. The molecular weight excluding hydrogens is 249 g/mol. The van der Waals surface area contributed by atoms with Crippen LogP contribution in [0.15, 0.2) is 12.1 Å². The Labute approximate surface area is 105 Å². The van der Waals surface area contributed by atoms with Crippen LogP contribution in [-0.4, -0.2) is 23.4 Å². The summed E-state index contributed by atoms with van der Waals surface area (Å²) in [7, 11) is 0. The summed E-state index contributed by atoms with van der Waals surface area (Å²) < 4.78 is 0.880. The van der Waals surface area contributed by atoms with E-state index in [4.69, 9.17) is 23.2 Å². The van der Waals surface area contributed by atoms with Crippen LogP contribution in [0, 0.1) is 5.92 Å². The molecule has 1 aliphatic heterocycles. The van der Waals surface area contributed by atoms with Crippen molar-refractivity contribution in [3.63, 3.8) is 0 Å². The summed E-state index contributed by atoms with van der Waals surface area (Å²) >= 11 is 13.8. The number of hydrogen-bond donors (Lipinski definition) is 0. The highest BCUT2D eigenvalue weighted by atomic mass is 35.5. The molecule has 15 heavy (non-hydrogen) atoms. The average Bonchev–Trinajstić information content (AvgIpc) is 2.58. The second-order valence-corrected chi connectivity index (χ2v) is 6.58. The number of hydrogen-bond acceptors (Lipinski definition) is 2. The fraction of sp³-hybridized carbons (Fsp3) is 0.636. The number of thiophene rings is 1. The van der Waals surface area contributed by atoms with Crippen LogP contribution in [0.3, 0.4) is 0 Å². The summed E-state index contributed by atoms with van der Waals surface area (Å²) in [6.45, 7) is 5.45. The van der Waals surface area contributed by atoms with E-state index in [9.17, 15) is 0 Å². The maximum absolute atomic E-state index is 6.19. The molecule has 0 N–H and O–H groups in total. The summed E-state index contributed by atoms with van der Waals surface area (Å²) in [5.74, 6) is 0.593. The van der Waals surface area contributed by atoms with Crippen molar-refractivity contribution in [2.45, 2.75) is 25.3 Å². The first-order valence-corrected chi connectivity index (χ1v) is 6.89. The number of likely N-dealkylation sites (tertiary alicyclic amines) is 1. The molecule has 0 amide bonds. The predicted octanol–water partition coefficient (Wildman–Crippen LogP) is 3.85. The Morgan fingerprint density at radius 2 is 2.33 bits per heavy atom. The van der Waals surface area contributed by atoms with Crippen molar-refractivity contribution in [1.82, 2.24) is 4.90 Å². The van der Waals surface area contributed by atoms with E-state index in [1.165, 1.54) is 4.88 Å². The summed E-state index contributed by atoms with van der Waals surface area (Å²) in [5, 5.41) is 0.355. The molecule has 1 fully saturated rings. The Morgan fingerprint density at radius 3 is 2.93 bits per heavy atom. The summed E-state index contributed by atoms with van der Waals surface area (Å²) in [6.07, 6.45) is 1.10. The van der Waals surface area contributed by atoms with Crippen LogP contribution in [0.2, 0.25) is 4.34 Å². The van der Waals surface area contributed by atoms with Crippen molar-refractivity contribution in [2.24, 2.45) is 5.92 Å². The monoisotopic (exact) mass is 263 g/mol. The lowest BCUT2D eigenvalue weighted by molar-refractivity contribution is 0.181. The summed E-state index contributed by atoms with van der Waals surface area (Å²) in [5.41, 5.74) is 0. The van der Waals surface area contributed by atoms with Gasteiger partial charge in [0, 0.05) is 23.3 Å². The Kier molecular flexibility index (Phi) is 3.94. The van der Waals surface area contributed by atoms with E-state index in [2.05, 4.69) is 17.9 Å². The molecule has 2 heterocycles. The smallest absolute Gasteiger partial charge is 0.0931 e. The molecule has 0 radical (unpaired) electrons. The lowest BCUT2D eigenvalue weighted by Gasteiger charge is -2.33. The van der Waals surface area contributed by atoms with Crippen molar-refractivity contribution in [3.8, 4) is 0 Å². The fourth-order valence-corrected chi connectivity index (χ4v) is 3.31. The standard InChI is InChI=1S/C11H15Cl2NS/c1-8-6-14(5-4-10(8)12)7-9-2-3-11(13)15-9/h2-3,8,10H,4-7H2,1H3. The van der Waals surface area contributed by atoms with Gasteiger partial charge in [-0.05, 0) is 31.0 Å². The topological polar surface area (TPSA) is 3.24 Å². The Bertz CT molecular complexity index is 326. The van der Waals surface area contributed by atoms with E-state index < -0.39 is 0 Å². The van der Waals surface area contributed by atoms with Crippen molar-refractivity contribution < 1.29 is 0 Å². The van der Waals surface area contributed by atoms with Crippen molar-refractivity contribution >= 4 is 34.5 Å². The molecular formula is C11H15Cl2NS. The van der Waals surface area contributed by atoms with Gasteiger partial charge in [0.25, 0.3) is 0 Å². The minimum Gasteiger partial charge on any atom is -0.298 e. The van der Waals surface area contributed by atoms with Crippen LogP contribution >= 0.6 is 34.5 Å². The first-order chi connectivity index (χ1) is 7.15. The zero-order valence-electron chi connectivity index (χ0n) is 8.75. The molecule has 1 nitrogen and oxygen atoms in total. The molecule has 1 aliphatic rings. The highest BCUT2D eigenvalue weighted by Crippen LogP contribution is 2.26. The lowest BCUT2D eigenvalue weighted by Crippen LogP contribution is -2.39. The molecule has 0 bridgehead atoms. The lowest BCUT2D eigenvalue weighted by atomic mass is 10.00. The molecule has 0 spiro atoms. The van der Waals surface area contributed by atoms with Crippen molar-refractivity contribution in [1.29, 1.82) is 0 Å². The molecule has 0 saturated carbocycles. The van der Waals surface area contributed by atoms with Gasteiger partial charge in [0.05, 0.1) is 4.34 Å². The first kappa shape index (κ1) is 11.7. The number of rotatable bonds is 2. The zero-order valence-corrected chi connectivity index (χ0v) is 11.1. The normalized spacial score (nSPS) is 28.2. The van der Waals surface area contributed by atoms with Gasteiger partial charge in [0.2, 0.25) is 0 Å². The molecule has 0 aromatic carbocycles. The van der Waals surface area contributed by atoms with Gasteiger partial charge in [0.15, 0.2) is 0 Å². The molecule has 1 aromatic heterocycles. The zero-order chi connectivity index (χ0) is 10.8. The minimum absolute atomic E-state index is 0.355. The van der Waals surface area contributed by atoms with E-state index >= 15 is 0 Å². The number of halogens is 2. The van der Waals surface area contributed by atoms with E-state index in [1.807, 2.05) is 6.07 Å². The molecule has 4 heteroatoms. The predicted molar refractivity (Wildman–Crippen MR) is 68.0 cm³/mol. The van der Waals surface area contributed by atoms with E-state index in [0.717, 1.165) is 30.4 Å². The van der Waals surface area contributed by atoms with Crippen molar-refractivity contribution in [2.75, 3.05) is 13.1 Å². The second-order valence-electron chi connectivity index (χ2n) is 4.22. The van der Waals surface area contributed by atoms with Crippen LogP contribution in [-0.2, 0) is 6.54 Å². The Morgan fingerprint density at radius 1 is 1.53 bits per heavy atom. The third-order valence-electron chi connectivity index (χ3n) is 2.89. The van der Waals surface area contributed by atoms with Gasteiger partial charge >= 0.3 is 0 Å². The average molecular weight is 264 g/mol. The molecule has 0 aliphatic carbocycles. The quantitative estimate of drug-likeness (QED) is 0.733. The van der Waals surface area contributed by atoms with Crippen LogP contribution in [0.1, 0.15) is 18.2 Å². The van der Waals surface area contributed by atoms with Gasteiger partial charge < -0.3 is 0 Å². The van der Waals surface area contributed by atoms with Gasteiger partial charge in [-0.3, -0.25) is 4.90 Å². The minimum atomic E-state index is 0.355. The summed E-state index contributed by atoms with van der Waals surface area (Å²) in [4.78, 5) is 3.81. The van der Waals surface area contributed by atoms with Gasteiger partial charge in [0.1, 0.15) is 0 Å². The maximum atomic E-state index is 6.19. The third-order valence-corrected chi connectivity index (χ3v) is 4.76. The highest BCUT2D eigenvalue weighted by Gasteiger charge is 2.24. The highest BCUT2D eigenvalue weighted by molar-refractivity contribution is 7.16. The van der Waals surface area contributed by atoms with E-state index in [0.29, 0.717) is 11.3 Å². The first-order valence-electron chi connectivity index (χ1n) is 5.26. The third kappa shape index (κ3) is 3.10. The van der Waals surface area contributed by atoms with Gasteiger partial charge in [-0.15, -0.1) is 22.9 Å². The molecule has 2 unspecified atom stereocenters. The molecule has 1 aromatic rings. The Balaban J connectivity index is 1.90. The fourth-order valence-electron chi connectivity index (χ4n) is 2.00. The van der Waals surface area contributed by atoms with Crippen LogP contribution < -0.4 is 0 Å². The number of nitrogens with zero attached hydrogens (tertiary/aromatic N) is 1. The van der Waals surface area contributed by atoms with Crippen LogP contribution in [0.4, 0.5) is 0 Å². The van der Waals surface area contributed by atoms with Gasteiger partial charge in [-0.1, -0.05) is 18.5 Å².